The van der Waals surface area contributed by atoms with Crippen molar-refractivity contribution in [2.45, 2.75) is 6.92 Å². The second-order valence-corrected chi connectivity index (χ2v) is 2.59. The quantitative estimate of drug-likeness (QED) is 0.321. The maximum absolute atomic E-state index is 8.36. The maximum atomic E-state index is 8.36. The van der Waals surface area contributed by atoms with Crippen LogP contribution in [-0.4, -0.2) is 27.4 Å². The van der Waals surface area contributed by atoms with Crippen molar-refractivity contribution in [1.82, 2.24) is 0 Å². The lowest BCUT2D eigenvalue weighted by Gasteiger charge is -1.97. The lowest BCUT2D eigenvalue weighted by Crippen LogP contribution is -2.03. The third-order valence-corrected chi connectivity index (χ3v) is 1.06. The van der Waals surface area contributed by atoms with E-state index in [2.05, 4.69) is 6.58 Å². The summed E-state index contributed by atoms with van der Waals surface area (Å²) in [7, 11) is -0.892. The molecule has 0 aliphatic carbocycles. The molecule has 0 aromatic rings. The van der Waals surface area contributed by atoms with E-state index >= 15 is 0 Å². The van der Waals surface area contributed by atoms with E-state index in [1.165, 1.54) is 0 Å². The van der Waals surface area contributed by atoms with Crippen LogP contribution in [0.5, 0.6) is 0 Å². The minimum atomic E-state index is -0.892. The average molecular weight is 132 g/mol. The third kappa shape index (κ3) is 5.88. The Morgan fingerprint density at radius 2 is 2.50 bits per heavy atom. The predicted octanol–water partition coefficient (Wildman–Crippen LogP) is -0.387. The van der Waals surface area contributed by atoms with Crippen molar-refractivity contribution in [3.05, 3.63) is 12.2 Å². The molecule has 0 rings (SSSR count). The highest BCUT2D eigenvalue weighted by Gasteiger charge is 1.84. The second-order valence-electron chi connectivity index (χ2n) is 1.73. The van der Waals surface area contributed by atoms with E-state index < -0.39 is 9.76 Å². The summed E-state index contributed by atoms with van der Waals surface area (Å²) in [5.74, 6) is 0. The lowest BCUT2D eigenvalue weighted by molar-refractivity contribution is 0.196. The van der Waals surface area contributed by atoms with Gasteiger partial charge in [0, 0.05) is 0 Å². The smallest absolute Gasteiger partial charge is 0.182 e. The summed E-state index contributed by atoms with van der Waals surface area (Å²) >= 11 is 0. The van der Waals surface area contributed by atoms with Crippen LogP contribution in [-0.2, 0) is 4.74 Å². The highest BCUT2D eigenvalue weighted by Crippen LogP contribution is 1.85. The van der Waals surface area contributed by atoms with E-state index in [1.807, 2.05) is 6.92 Å². The first-order valence-corrected chi connectivity index (χ1v) is 4.23. The number of ether oxygens (including phenoxy) is 1. The monoisotopic (exact) mass is 132 g/mol. The van der Waals surface area contributed by atoms with Gasteiger partial charge in [0.25, 0.3) is 0 Å². The Morgan fingerprint density at radius 1 is 1.88 bits per heavy atom. The highest BCUT2D eigenvalue weighted by atomic mass is 28.2. The van der Waals surface area contributed by atoms with Crippen LogP contribution in [0.3, 0.4) is 0 Å². The van der Waals surface area contributed by atoms with Crippen LogP contribution in [0, 0.1) is 0 Å². The average Bonchev–Trinajstić information content (AvgIpc) is 1.66. The Labute approximate surface area is 52.1 Å². The molecular formula is C5H12O2Si. The first-order chi connectivity index (χ1) is 3.77. The molecule has 48 valence electrons. The molecule has 0 aliphatic rings. The summed E-state index contributed by atoms with van der Waals surface area (Å²) in [6.07, 6.45) is 0.548. The summed E-state index contributed by atoms with van der Waals surface area (Å²) in [6, 6.07) is 0. The second kappa shape index (κ2) is 5.02. The van der Waals surface area contributed by atoms with E-state index in [0.717, 1.165) is 5.57 Å². The van der Waals surface area contributed by atoms with Gasteiger partial charge in [-0.05, 0) is 6.92 Å². The Morgan fingerprint density at radius 3 is 2.88 bits per heavy atom. The van der Waals surface area contributed by atoms with Crippen LogP contribution >= 0.6 is 0 Å². The molecule has 0 saturated carbocycles. The normalized spacial score (nSPS) is 10.8. The Hall–Kier alpha value is -0.123. The van der Waals surface area contributed by atoms with Gasteiger partial charge in [0.2, 0.25) is 0 Å². The molecule has 0 aliphatic heterocycles. The highest BCUT2D eigenvalue weighted by molar-refractivity contribution is 6.24. The first-order valence-electron chi connectivity index (χ1n) is 2.60. The van der Waals surface area contributed by atoms with Crippen molar-refractivity contribution in [3.63, 3.8) is 0 Å². The van der Waals surface area contributed by atoms with Gasteiger partial charge in [-0.3, -0.25) is 0 Å². The van der Waals surface area contributed by atoms with Gasteiger partial charge in [-0.2, -0.15) is 0 Å². The number of hydrogen-bond acceptors (Lipinski definition) is 2. The van der Waals surface area contributed by atoms with Crippen LogP contribution in [0.4, 0.5) is 0 Å². The molecule has 3 heteroatoms. The van der Waals surface area contributed by atoms with E-state index in [1.54, 1.807) is 0 Å². The fourth-order valence-electron chi connectivity index (χ4n) is 0.311. The standard InChI is InChI=1S/C5H12O2Si/c1-5(2)3-7-4-8-6/h6H,1,3-4,8H2,2H3. The minimum Gasteiger partial charge on any atom is -0.436 e. The Kier molecular flexibility index (Phi) is 4.95. The minimum absolute atomic E-state index is 0.548. The molecule has 0 aromatic heterocycles. The van der Waals surface area contributed by atoms with Crippen molar-refractivity contribution in [3.8, 4) is 0 Å². The van der Waals surface area contributed by atoms with Crippen molar-refractivity contribution in [1.29, 1.82) is 0 Å². The molecule has 0 fully saturated rings. The molecule has 2 nitrogen and oxygen atoms in total. The van der Waals surface area contributed by atoms with Gasteiger partial charge >= 0.3 is 0 Å². The van der Waals surface area contributed by atoms with Crippen LogP contribution < -0.4 is 0 Å². The Balaban J connectivity index is 2.82. The summed E-state index contributed by atoms with van der Waals surface area (Å²) in [4.78, 5) is 8.36. The number of rotatable bonds is 4. The van der Waals surface area contributed by atoms with Crippen molar-refractivity contribution in [2.24, 2.45) is 0 Å². The van der Waals surface area contributed by atoms with Gasteiger partial charge in [0.1, 0.15) is 0 Å². The summed E-state index contributed by atoms with van der Waals surface area (Å²) in [5.41, 5.74) is 1.01. The van der Waals surface area contributed by atoms with E-state index in [0.29, 0.717) is 12.8 Å². The molecule has 0 amide bonds. The van der Waals surface area contributed by atoms with E-state index in [9.17, 15) is 0 Å². The summed E-state index contributed by atoms with van der Waals surface area (Å²) < 4.78 is 4.96. The fourth-order valence-corrected chi connectivity index (χ4v) is 0.584. The molecule has 1 N–H and O–H groups in total. The van der Waals surface area contributed by atoms with Gasteiger partial charge < -0.3 is 9.53 Å². The van der Waals surface area contributed by atoms with Crippen molar-refractivity contribution in [2.75, 3.05) is 12.8 Å². The zero-order valence-corrected chi connectivity index (χ0v) is 6.60. The molecule has 0 spiro atoms. The molecule has 0 radical (unpaired) electrons. The van der Waals surface area contributed by atoms with Gasteiger partial charge in [-0.25, -0.2) is 0 Å². The van der Waals surface area contributed by atoms with Gasteiger partial charge in [-0.15, -0.1) is 0 Å². The van der Waals surface area contributed by atoms with Crippen LogP contribution in [0.2, 0.25) is 0 Å². The molecule has 0 saturated heterocycles. The molecule has 0 unspecified atom stereocenters. The first kappa shape index (κ1) is 7.88. The Bertz CT molecular complexity index is 72.8. The summed E-state index contributed by atoms with van der Waals surface area (Å²) in [6.45, 7) is 6.13. The number of hydrogen-bond donors (Lipinski definition) is 1. The van der Waals surface area contributed by atoms with E-state index in [-0.39, 0.29) is 0 Å². The molecule has 0 heterocycles. The maximum Gasteiger partial charge on any atom is 0.182 e. The SMILES string of the molecule is C=C(C)COC[SiH2]O. The largest absolute Gasteiger partial charge is 0.436 e. The lowest BCUT2D eigenvalue weighted by atomic mass is 10.4. The molecule has 8 heavy (non-hydrogen) atoms. The molecule has 0 bridgehead atoms. The third-order valence-electron chi connectivity index (χ3n) is 0.584. The fraction of sp³-hybridized carbons (Fsp3) is 0.600. The van der Waals surface area contributed by atoms with Gasteiger partial charge in [-0.1, -0.05) is 12.2 Å². The van der Waals surface area contributed by atoms with Gasteiger partial charge in [0.15, 0.2) is 9.76 Å². The zero-order chi connectivity index (χ0) is 6.41. The topological polar surface area (TPSA) is 29.5 Å². The summed E-state index contributed by atoms with van der Waals surface area (Å²) in [5, 5.41) is 0. The zero-order valence-electron chi connectivity index (χ0n) is 5.18. The van der Waals surface area contributed by atoms with Crippen LogP contribution in [0.25, 0.3) is 0 Å². The molecule has 0 aromatic carbocycles. The predicted molar refractivity (Wildman–Crippen MR) is 36.4 cm³/mol. The van der Waals surface area contributed by atoms with Crippen LogP contribution in [0.15, 0.2) is 12.2 Å². The molecular weight excluding hydrogens is 120 g/mol. The van der Waals surface area contributed by atoms with Crippen LogP contribution in [0.1, 0.15) is 6.92 Å². The molecule has 0 atom stereocenters. The van der Waals surface area contributed by atoms with Gasteiger partial charge in [0.05, 0.1) is 12.8 Å². The van der Waals surface area contributed by atoms with Crippen molar-refractivity contribution < 1.29 is 9.53 Å². The van der Waals surface area contributed by atoms with Crippen molar-refractivity contribution >= 4 is 9.76 Å². The van der Waals surface area contributed by atoms with E-state index in [4.69, 9.17) is 9.53 Å².